The molecular formula is C23H27NO2. The summed E-state index contributed by atoms with van der Waals surface area (Å²) in [6, 6.07) is 8.83. The van der Waals surface area contributed by atoms with Gasteiger partial charge in [0, 0.05) is 17.2 Å². The Labute approximate surface area is 155 Å². The van der Waals surface area contributed by atoms with Crippen molar-refractivity contribution in [1.82, 2.24) is 0 Å². The zero-order valence-electron chi connectivity index (χ0n) is 16.7. The third kappa shape index (κ3) is 1.42. The van der Waals surface area contributed by atoms with Gasteiger partial charge in [0.15, 0.2) is 11.2 Å². The van der Waals surface area contributed by atoms with Crippen LogP contribution < -0.4 is 4.90 Å². The van der Waals surface area contributed by atoms with Crippen LogP contribution in [0.2, 0.25) is 0 Å². The Bertz CT molecular complexity index is 1050. The molecule has 1 aromatic carbocycles. The largest absolute Gasteiger partial charge is 0.460 e. The van der Waals surface area contributed by atoms with Crippen LogP contribution in [-0.4, -0.2) is 0 Å². The number of aryl methyl sites for hydroxylation is 1. The molecule has 2 aromatic heterocycles. The lowest BCUT2D eigenvalue weighted by atomic mass is 9.51. The maximum Gasteiger partial charge on any atom is 0.178 e. The van der Waals surface area contributed by atoms with Gasteiger partial charge in [-0.15, -0.1) is 0 Å². The van der Waals surface area contributed by atoms with Gasteiger partial charge in [-0.1, -0.05) is 45.9 Å². The molecule has 4 heterocycles. The molecule has 0 spiro atoms. The van der Waals surface area contributed by atoms with Gasteiger partial charge in [0.1, 0.15) is 5.76 Å². The lowest BCUT2D eigenvalue weighted by Gasteiger charge is -2.62. The number of nitrogens with zero attached hydrogens (tertiary/aromatic N) is 1. The fourth-order valence-electron chi connectivity index (χ4n) is 5.68. The van der Waals surface area contributed by atoms with Gasteiger partial charge in [-0.2, -0.15) is 0 Å². The summed E-state index contributed by atoms with van der Waals surface area (Å²) in [4.78, 5) is 2.60. The zero-order valence-corrected chi connectivity index (χ0v) is 16.7. The Hall–Kier alpha value is -2.16. The summed E-state index contributed by atoms with van der Waals surface area (Å²) in [5, 5.41) is 0. The predicted octanol–water partition coefficient (Wildman–Crippen LogP) is 6.45. The van der Waals surface area contributed by atoms with E-state index in [2.05, 4.69) is 71.6 Å². The van der Waals surface area contributed by atoms with Crippen LogP contribution in [0, 0.1) is 12.3 Å². The molecule has 3 nitrogen and oxygen atoms in total. The van der Waals surface area contributed by atoms with E-state index >= 15 is 0 Å². The van der Waals surface area contributed by atoms with E-state index in [-0.39, 0.29) is 22.4 Å². The van der Waals surface area contributed by atoms with E-state index in [1.165, 1.54) is 22.4 Å². The van der Waals surface area contributed by atoms with Crippen LogP contribution >= 0.6 is 0 Å². The van der Waals surface area contributed by atoms with Gasteiger partial charge >= 0.3 is 0 Å². The molecule has 2 atom stereocenters. The lowest BCUT2D eigenvalue weighted by Crippen LogP contribution is -2.62. The van der Waals surface area contributed by atoms with E-state index in [1.807, 2.05) is 6.07 Å². The van der Waals surface area contributed by atoms with Gasteiger partial charge in [0.25, 0.3) is 0 Å². The molecule has 2 aliphatic rings. The number of hydrogen-bond acceptors (Lipinski definition) is 3. The number of benzene rings is 1. The zero-order chi connectivity index (χ0) is 18.6. The van der Waals surface area contributed by atoms with E-state index in [0.717, 1.165) is 16.9 Å². The van der Waals surface area contributed by atoms with Crippen molar-refractivity contribution < 1.29 is 8.83 Å². The quantitative estimate of drug-likeness (QED) is 0.467. The second-order valence-electron chi connectivity index (χ2n) is 9.29. The smallest absolute Gasteiger partial charge is 0.178 e. The van der Waals surface area contributed by atoms with E-state index in [9.17, 15) is 0 Å². The molecule has 0 bridgehead atoms. The van der Waals surface area contributed by atoms with E-state index in [0.29, 0.717) is 0 Å². The Balaban J connectivity index is 1.95. The van der Waals surface area contributed by atoms with Crippen LogP contribution in [-0.2, 0) is 11.0 Å². The minimum absolute atomic E-state index is 0.00286. The fourth-order valence-corrected chi connectivity index (χ4v) is 5.68. The SMILES string of the molecule is Cc1cccc2c1N1[C@@H](C)c3oc4ccoc4c3C1(C)C(C)(C)C2(C)C. The minimum atomic E-state index is -0.215. The molecule has 5 rings (SSSR count). The molecule has 0 saturated carbocycles. The van der Waals surface area contributed by atoms with Crippen molar-refractivity contribution in [1.29, 1.82) is 0 Å². The first-order chi connectivity index (χ1) is 12.1. The standard InChI is InChI=1S/C23H27NO2/c1-13-9-8-10-15-18(13)24-14(2)19-17(20-16(26-19)11-12-25-20)23(24,7)22(5,6)21(15,3)4/h8-12,14H,1-7H3/t14-,23?/m0/s1. The summed E-state index contributed by atoms with van der Waals surface area (Å²) in [5.41, 5.74) is 6.87. The van der Waals surface area contributed by atoms with Crippen molar-refractivity contribution in [3.05, 3.63) is 53.0 Å². The molecule has 0 radical (unpaired) electrons. The van der Waals surface area contributed by atoms with E-state index in [1.54, 1.807) is 6.26 Å². The second-order valence-corrected chi connectivity index (χ2v) is 9.29. The van der Waals surface area contributed by atoms with Crippen LogP contribution in [0.15, 0.2) is 39.4 Å². The Morgan fingerprint density at radius 2 is 1.77 bits per heavy atom. The lowest BCUT2D eigenvalue weighted by molar-refractivity contribution is 0.0654. The monoisotopic (exact) mass is 349 g/mol. The van der Waals surface area contributed by atoms with Crippen LogP contribution in [0.5, 0.6) is 0 Å². The number of hydrogen-bond donors (Lipinski definition) is 0. The number of anilines is 1. The Morgan fingerprint density at radius 1 is 1.04 bits per heavy atom. The average molecular weight is 349 g/mol. The van der Waals surface area contributed by atoms with Gasteiger partial charge in [-0.3, -0.25) is 0 Å². The average Bonchev–Trinajstić information content (AvgIpc) is 3.19. The van der Waals surface area contributed by atoms with E-state index in [4.69, 9.17) is 8.83 Å². The first-order valence-electron chi connectivity index (χ1n) is 9.54. The van der Waals surface area contributed by atoms with Gasteiger partial charge in [0.05, 0.1) is 23.4 Å². The first-order valence-corrected chi connectivity index (χ1v) is 9.54. The fraction of sp³-hybridized carbons (Fsp3) is 0.478. The van der Waals surface area contributed by atoms with Crippen molar-refractivity contribution >= 4 is 16.9 Å². The molecule has 0 N–H and O–H groups in total. The highest BCUT2D eigenvalue weighted by molar-refractivity contribution is 5.83. The van der Waals surface area contributed by atoms with Crippen molar-refractivity contribution in [2.24, 2.45) is 5.41 Å². The molecule has 26 heavy (non-hydrogen) atoms. The van der Waals surface area contributed by atoms with Crippen LogP contribution in [0.1, 0.15) is 70.0 Å². The maximum atomic E-state index is 6.30. The van der Waals surface area contributed by atoms with Crippen molar-refractivity contribution in [3.8, 4) is 0 Å². The molecule has 2 aliphatic heterocycles. The van der Waals surface area contributed by atoms with Crippen LogP contribution in [0.3, 0.4) is 0 Å². The van der Waals surface area contributed by atoms with Crippen molar-refractivity contribution in [2.75, 3.05) is 4.90 Å². The van der Waals surface area contributed by atoms with Gasteiger partial charge in [0.2, 0.25) is 0 Å². The summed E-state index contributed by atoms with van der Waals surface area (Å²) in [6.07, 6.45) is 1.74. The number of rotatable bonds is 0. The van der Waals surface area contributed by atoms with Crippen molar-refractivity contribution in [3.63, 3.8) is 0 Å². The van der Waals surface area contributed by atoms with Gasteiger partial charge in [-0.25, -0.2) is 0 Å². The third-order valence-electron chi connectivity index (χ3n) is 7.99. The summed E-state index contributed by atoms with van der Waals surface area (Å²) in [7, 11) is 0. The molecular weight excluding hydrogens is 322 g/mol. The topological polar surface area (TPSA) is 29.5 Å². The molecule has 0 fully saturated rings. The van der Waals surface area contributed by atoms with Gasteiger partial charge < -0.3 is 13.7 Å². The highest BCUT2D eigenvalue weighted by atomic mass is 16.4. The predicted molar refractivity (Wildman–Crippen MR) is 105 cm³/mol. The highest BCUT2D eigenvalue weighted by Crippen LogP contribution is 2.68. The molecule has 0 aliphatic carbocycles. The number of para-hydroxylation sites is 1. The molecule has 3 heteroatoms. The summed E-state index contributed by atoms with van der Waals surface area (Å²) >= 11 is 0. The normalized spacial score (nSPS) is 28.1. The highest BCUT2D eigenvalue weighted by Gasteiger charge is 2.66. The Kier molecular flexibility index (Phi) is 2.71. The van der Waals surface area contributed by atoms with Gasteiger partial charge in [-0.05, 0) is 37.3 Å². The summed E-state index contributed by atoms with van der Waals surface area (Å²) < 4.78 is 12.2. The molecule has 0 saturated heterocycles. The van der Waals surface area contributed by atoms with Crippen LogP contribution in [0.4, 0.5) is 5.69 Å². The third-order valence-corrected chi connectivity index (χ3v) is 7.99. The molecule has 3 aromatic rings. The number of fused-ring (bicyclic) bond motifs is 7. The van der Waals surface area contributed by atoms with Crippen molar-refractivity contribution in [2.45, 2.75) is 65.5 Å². The summed E-state index contributed by atoms with van der Waals surface area (Å²) in [6.45, 7) is 16.4. The Morgan fingerprint density at radius 3 is 2.50 bits per heavy atom. The summed E-state index contributed by atoms with van der Waals surface area (Å²) in [5.74, 6) is 1.06. The molecule has 0 amide bonds. The minimum Gasteiger partial charge on any atom is -0.460 e. The van der Waals surface area contributed by atoms with E-state index < -0.39 is 0 Å². The number of furan rings is 2. The molecule has 136 valence electrons. The first kappa shape index (κ1) is 16.0. The molecule has 1 unspecified atom stereocenters. The maximum absolute atomic E-state index is 6.30. The second kappa shape index (κ2) is 4.39. The van der Waals surface area contributed by atoms with Crippen LogP contribution in [0.25, 0.3) is 11.2 Å².